The van der Waals surface area contributed by atoms with E-state index in [9.17, 15) is 8.78 Å². The molecule has 0 saturated carbocycles. The predicted octanol–water partition coefficient (Wildman–Crippen LogP) is 4.18. The van der Waals surface area contributed by atoms with Crippen molar-refractivity contribution in [2.75, 3.05) is 5.32 Å². The van der Waals surface area contributed by atoms with Gasteiger partial charge in [-0.25, -0.2) is 8.78 Å². The summed E-state index contributed by atoms with van der Waals surface area (Å²) in [7, 11) is 0. The minimum atomic E-state index is -0.574. The van der Waals surface area contributed by atoms with Crippen molar-refractivity contribution in [1.29, 1.82) is 0 Å². The van der Waals surface area contributed by atoms with Crippen LogP contribution >= 0.6 is 22.6 Å². The van der Waals surface area contributed by atoms with E-state index in [1.807, 2.05) is 24.3 Å². The van der Waals surface area contributed by atoms with Gasteiger partial charge < -0.3 is 5.32 Å². The first kappa shape index (κ1) is 12.3. The van der Waals surface area contributed by atoms with Gasteiger partial charge in [0, 0.05) is 16.2 Å². The molecule has 0 aliphatic rings. The highest BCUT2D eigenvalue weighted by molar-refractivity contribution is 14.1. The molecule has 0 aliphatic carbocycles. The first-order valence-electron chi connectivity index (χ1n) is 5.08. The van der Waals surface area contributed by atoms with E-state index in [-0.39, 0.29) is 0 Å². The average molecular weight is 345 g/mol. The van der Waals surface area contributed by atoms with E-state index in [1.54, 1.807) is 0 Å². The quantitative estimate of drug-likeness (QED) is 0.823. The Hall–Kier alpha value is -1.17. The Kier molecular flexibility index (Phi) is 3.93. The highest BCUT2D eigenvalue weighted by Crippen LogP contribution is 2.16. The number of rotatable bonds is 3. The molecule has 0 fully saturated rings. The molecular formula is C13H10F2IN. The molecule has 0 spiro atoms. The van der Waals surface area contributed by atoms with Gasteiger partial charge in [0.25, 0.3) is 0 Å². The summed E-state index contributed by atoms with van der Waals surface area (Å²) in [5.74, 6) is -1.14. The number of hydrogen-bond acceptors (Lipinski definition) is 1. The first-order valence-corrected chi connectivity index (χ1v) is 6.16. The van der Waals surface area contributed by atoms with Gasteiger partial charge in [0.2, 0.25) is 0 Å². The van der Waals surface area contributed by atoms with Crippen LogP contribution in [0.2, 0.25) is 0 Å². The SMILES string of the molecule is Fc1ccc(NCc2ccc(I)cc2)c(F)c1. The molecule has 2 rings (SSSR count). The number of hydrogen-bond donors (Lipinski definition) is 1. The van der Waals surface area contributed by atoms with Gasteiger partial charge in [-0.3, -0.25) is 0 Å². The summed E-state index contributed by atoms with van der Waals surface area (Å²) in [4.78, 5) is 0. The zero-order chi connectivity index (χ0) is 12.3. The van der Waals surface area contributed by atoms with Crippen LogP contribution in [0.4, 0.5) is 14.5 Å². The van der Waals surface area contributed by atoms with Crippen LogP contribution < -0.4 is 5.32 Å². The molecule has 17 heavy (non-hydrogen) atoms. The Labute approximate surface area is 112 Å². The van der Waals surface area contributed by atoms with Crippen molar-refractivity contribution in [1.82, 2.24) is 0 Å². The molecule has 2 aromatic rings. The Morgan fingerprint density at radius 3 is 2.35 bits per heavy atom. The normalized spacial score (nSPS) is 10.3. The maximum Gasteiger partial charge on any atom is 0.149 e. The maximum atomic E-state index is 13.3. The lowest BCUT2D eigenvalue weighted by Crippen LogP contribution is -2.01. The fourth-order valence-electron chi connectivity index (χ4n) is 1.43. The largest absolute Gasteiger partial charge is 0.379 e. The fraction of sp³-hybridized carbons (Fsp3) is 0.0769. The van der Waals surface area contributed by atoms with Gasteiger partial charge in [0.15, 0.2) is 0 Å². The van der Waals surface area contributed by atoms with Crippen LogP contribution in [-0.2, 0) is 6.54 Å². The Morgan fingerprint density at radius 1 is 1.00 bits per heavy atom. The summed E-state index contributed by atoms with van der Waals surface area (Å²) in [5, 5.41) is 2.93. The molecule has 0 aromatic heterocycles. The highest BCUT2D eigenvalue weighted by Gasteiger charge is 2.02. The van der Waals surface area contributed by atoms with E-state index in [0.717, 1.165) is 15.2 Å². The van der Waals surface area contributed by atoms with Crippen molar-refractivity contribution in [3.8, 4) is 0 Å². The number of anilines is 1. The fourth-order valence-corrected chi connectivity index (χ4v) is 1.79. The third-order valence-electron chi connectivity index (χ3n) is 2.33. The van der Waals surface area contributed by atoms with Crippen LogP contribution in [0.25, 0.3) is 0 Å². The van der Waals surface area contributed by atoms with Gasteiger partial charge in [0.05, 0.1) is 5.69 Å². The van der Waals surface area contributed by atoms with Crippen molar-refractivity contribution in [3.05, 3.63) is 63.2 Å². The van der Waals surface area contributed by atoms with Gasteiger partial charge in [-0.15, -0.1) is 0 Å². The minimum Gasteiger partial charge on any atom is -0.379 e. The van der Waals surface area contributed by atoms with Gasteiger partial charge in [-0.2, -0.15) is 0 Å². The zero-order valence-electron chi connectivity index (χ0n) is 8.88. The van der Waals surface area contributed by atoms with Gasteiger partial charge >= 0.3 is 0 Å². The molecule has 88 valence electrons. The average Bonchev–Trinajstić information content (AvgIpc) is 2.30. The summed E-state index contributed by atoms with van der Waals surface area (Å²) in [6.45, 7) is 0.513. The highest BCUT2D eigenvalue weighted by atomic mass is 127. The third-order valence-corrected chi connectivity index (χ3v) is 3.05. The van der Waals surface area contributed by atoms with E-state index < -0.39 is 11.6 Å². The van der Waals surface area contributed by atoms with Crippen LogP contribution in [0, 0.1) is 15.2 Å². The molecular weight excluding hydrogens is 335 g/mol. The molecule has 1 N–H and O–H groups in total. The number of benzene rings is 2. The lowest BCUT2D eigenvalue weighted by Gasteiger charge is -2.07. The Bertz CT molecular complexity index is 511. The van der Waals surface area contributed by atoms with E-state index in [2.05, 4.69) is 27.9 Å². The molecule has 0 radical (unpaired) electrons. The van der Waals surface area contributed by atoms with E-state index in [0.29, 0.717) is 12.2 Å². The number of nitrogens with one attached hydrogen (secondary N) is 1. The van der Waals surface area contributed by atoms with E-state index in [1.165, 1.54) is 12.1 Å². The number of halogens is 3. The molecule has 1 nitrogen and oxygen atoms in total. The predicted molar refractivity (Wildman–Crippen MR) is 72.8 cm³/mol. The standard InChI is InChI=1S/C13H10F2IN/c14-10-3-6-13(12(15)7-10)17-8-9-1-4-11(16)5-2-9/h1-7,17H,8H2. The van der Waals surface area contributed by atoms with Crippen LogP contribution in [0.1, 0.15) is 5.56 Å². The molecule has 0 bridgehead atoms. The summed E-state index contributed by atoms with van der Waals surface area (Å²) >= 11 is 2.22. The molecule has 0 saturated heterocycles. The monoisotopic (exact) mass is 345 g/mol. The van der Waals surface area contributed by atoms with Gasteiger partial charge in [-0.05, 0) is 52.4 Å². The van der Waals surface area contributed by atoms with Crippen molar-refractivity contribution in [2.24, 2.45) is 0 Å². The van der Waals surface area contributed by atoms with Crippen molar-refractivity contribution >= 4 is 28.3 Å². The molecule has 0 amide bonds. The lowest BCUT2D eigenvalue weighted by atomic mass is 10.2. The third kappa shape index (κ3) is 3.39. The van der Waals surface area contributed by atoms with Crippen LogP contribution in [0.15, 0.2) is 42.5 Å². The molecule has 0 atom stereocenters. The first-order chi connectivity index (χ1) is 8.15. The topological polar surface area (TPSA) is 12.0 Å². The van der Waals surface area contributed by atoms with Crippen molar-refractivity contribution < 1.29 is 8.78 Å². The summed E-state index contributed by atoms with van der Waals surface area (Å²) in [6.07, 6.45) is 0. The van der Waals surface area contributed by atoms with Crippen molar-refractivity contribution in [3.63, 3.8) is 0 Å². The second kappa shape index (κ2) is 5.44. The van der Waals surface area contributed by atoms with E-state index in [4.69, 9.17) is 0 Å². The second-order valence-electron chi connectivity index (χ2n) is 3.60. The van der Waals surface area contributed by atoms with Crippen LogP contribution in [0.3, 0.4) is 0 Å². The summed E-state index contributed by atoms with van der Waals surface area (Å²) in [5.41, 5.74) is 1.36. The molecule has 0 heterocycles. The smallest absolute Gasteiger partial charge is 0.149 e. The summed E-state index contributed by atoms with van der Waals surface area (Å²) < 4.78 is 27.2. The summed E-state index contributed by atoms with van der Waals surface area (Å²) in [6, 6.07) is 11.4. The maximum absolute atomic E-state index is 13.3. The zero-order valence-corrected chi connectivity index (χ0v) is 11.0. The van der Waals surface area contributed by atoms with Gasteiger partial charge in [0.1, 0.15) is 11.6 Å². The Morgan fingerprint density at radius 2 is 1.71 bits per heavy atom. The van der Waals surface area contributed by atoms with Crippen LogP contribution in [0.5, 0.6) is 0 Å². The Balaban J connectivity index is 2.04. The van der Waals surface area contributed by atoms with Crippen molar-refractivity contribution in [2.45, 2.75) is 6.54 Å². The minimum absolute atomic E-state index is 0.310. The second-order valence-corrected chi connectivity index (χ2v) is 4.85. The van der Waals surface area contributed by atoms with Gasteiger partial charge in [-0.1, -0.05) is 12.1 Å². The molecule has 4 heteroatoms. The van der Waals surface area contributed by atoms with Crippen LogP contribution in [-0.4, -0.2) is 0 Å². The molecule has 0 unspecified atom stereocenters. The van der Waals surface area contributed by atoms with E-state index >= 15 is 0 Å². The lowest BCUT2D eigenvalue weighted by molar-refractivity contribution is 0.585. The molecule has 2 aromatic carbocycles. The molecule has 0 aliphatic heterocycles.